The van der Waals surface area contributed by atoms with Gasteiger partial charge in [-0.1, -0.05) is 42.5 Å². The van der Waals surface area contributed by atoms with Crippen LogP contribution >= 0.6 is 0 Å². The lowest BCUT2D eigenvalue weighted by Crippen LogP contribution is -2.37. The number of phenolic OH excluding ortho intramolecular Hbond substituents is 1. The number of rotatable bonds is 8. The van der Waals surface area contributed by atoms with Gasteiger partial charge in [-0.25, -0.2) is 0 Å². The van der Waals surface area contributed by atoms with Crippen molar-refractivity contribution in [3.05, 3.63) is 104 Å². The van der Waals surface area contributed by atoms with Gasteiger partial charge in [-0.05, 0) is 48.4 Å². The van der Waals surface area contributed by atoms with Crippen molar-refractivity contribution >= 4 is 39.7 Å². The molecule has 10 nitrogen and oxygen atoms in total. The molecule has 1 unspecified atom stereocenters. The van der Waals surface area contributed by atoms with Crippen LogP contribution in [0.4, 0.5) is 22.9 Å². The first-order chi connectivity index (χ1) is 17.8. The number of aliphatic hydroxyl groups excluding tert-OH is 1. The lowest BCUT2D eigenvalue weighted by atomic mass is 10.1. The molecule has 0 saturated heterocycles. The molecule has 1 amide bonds. The predicted octanol–water partition coefficient (Wildman–Crippen LogP) is 3.45. The lowest BCUT2D eigenvalue weighted by Gasteiger charge is -2.20. The maximum atomic E-state index is 12.6. The number of phenols is 1. The van der Waals surface area contributed by atoms with Gasteiger partial charge in [0.05, 0.1) is 5.52 Å². The van der Waals surface area contributed by atoms with Crippen LogP contribution in [0.5, 0.6) is 5.75 Å². The molecule has 37 heavy (non-hydrogen) atoms. The number of carbonyl (C=O) groups excluding carboxylic acids is 1. The molecule has 4 aromatic carbocycles. The summed E-state index contributed by atoms with van der Waals surface area (Å²) < 4.78 is 0. The van der Waals surface area contributed by atoms with Gasteiger partial charge in [0, 0.05) is 17.1 Å². The number of anilines is 4. The van der Waals surface area contributed by atoms with Gasteiger partial charge in [0.1, 0.15) is 17.1 Å². The molecule has 0 bridgehead atoms. The van der Waals surface area contributed by atoms with Gasteiger partial charge < -0.3 is 26.2 Å². The van der Waals surface area contributed by atoms with Crippen molar-refractivity contribution in [2.24, 2.45) is 0 Å². The fourth-order valence-corrected chi connectivity index (χ4v) is 4.05. The van der Waals surface area contributed by atoms with E-state index in [0.717, 1.165) is 5.56 Å². The first-order valence-electron chi connectivity index (χ1n) is 11.5. The molecule has 0 aliphatic rings. The number of fused-ring (bicyclic) bond motifs is 1. The topological polar surface area (TPSA) is 156 Å². The molecule has 1 aromatic heterocycles. The molecule has 0 aliphatic carbocycles. The average Bonchev–Trinajstić information content (AvgIpc) is 3.32. The number of aromatic nitrogens is 2. The third-order valence-electron chi connectivity index (χ3n) is 6.08. The molecule has 0 fully saturated rings. The minimum atomic E-state index is -1.37. The van der Waals surface area contributed by atoms with Gasteiger partial charge in [0.2, 0.25) is 0 Å². The molecule has 0 radical (unpaired) electrons. The van der Waals surface area contributed by atoms with Crippen molar-refractivity contribution in [3.63, 3.8) is 0 Å². The normalized spacial score (nSPS) is 12.8. The second-order valence-corrected chi connectivity index (χ2v) is 8.63. The Morgan fingerprint density at radius 3 is 2.41 bits per heavy atom. The van der Waals surface area contributed by atoms with Crippen LogP contribution in [0.2, 0.25) is 0 Å². The van der Waals surface area contributed by atoms with Crippen LogP contribution in [0.15, 0.2) is 82.4 Å². The van der Waals surface area contributed by atoms with Crippen LogP contribution in [-0.2, 0) is 4.79 Å². The summed E-state index contributed by atoms with van der Waals surface area (Å²) in [6.45, 7) is 1.81. The minimum absolute atomic E-state index is 0.0992. The number of aliphatic hydroxyl groups is 1. The highest BCUT2D eigenvalue weighted by atomic mass is 16.3. The van der Waals surface area contributed by atoms with E-state index in [-0.39, 0.29) is 29.0 Å². The molecule has 5 rings (SSSR count). The van der Waals surface area contributed by atoms with Crippen LogP contribution in [-0.4, -0.2) is 26.3 Å². The van der Waals surface area contributed by atoms with Gasteiger partial charge in [-0.15, -0.1) is 0 Å². The number of nitrogens with zero attached hydrogens (tertiary/aromatic N) is 1. The summed E-state index contributed by atoms with van der Waals surface area (Å²) in [7, 11) is 0. The molecular formula is C27H23N5O5. The van der Waals surface area contributed by atoms with E-state index in [1.54, 1.807) is 72.8 Å². The number of hydrogen-bond donors (Lipinski definition) is 6. The Kier molecular flexibility index (Phi) is 6.16. The number of nitrogens with one attached hydrogen (secondary N) is 4. The van der Waals surface area contributed by atoms with E-state index in [2.05, 4.69) is 26.1 Å². The molecule has 1 heterocycles. The molecule has 6 N–H and O–H groups in total. The summed E-state index contributed by atoms with van der Waals surface area (Å²) in [6.07, 6.45) is -1.37. The second-order valence-electron chi connectivity index (χ2n) is 8.63. The largest absolute Gasteiger partial charge is 0.508 e. The van der Waals surface area contributed by atoms with Crippen LogP contribution in [0.25, 0.3) is 10.9 Å². The maximum Gasteiger partial charge on any atom is 0.259 e. The highest BCUT2D eigenvalue weighted by Gasteiger charge is 2.24. The van der Waals surface area contributed by atoms with Gasteiger partial charge in [0.15, 0.2) is 11.9 Å². The number of benzene rings is 3. The van der Waals surface area contributed by atoms with E-state index in [1.807, 2.05) is 6.92 Å². The van der Waals surface area contributed by atoms with Crippen LogP contribution < -0.4 is 26.8 Å². The molecule has 186 valence electrons. The monoisotopic (exact) mass is 497 g/mol. The second kappa shape index (κ2) is 9.59. The molecule has 5 aromatic rings. The highest BCUT2D eigenvalue weighted by molar-refractivity contribution is 6.02. The Balaban J connectivity index is 1.36. The van der Waals surface area contributed by atoms with Gasteiger partial charge in [-0.2, -0.15) is 5.10 Å². The predicted molar refractivity (Wildman–Crippen MR) is 141 cm³/mol. The smallest absolute Gasteiger partial charge is 0.259 e. The Hall–Kier alpha value is -4.96. The summed E-state index contributed by atoms with van der Waals surface area (Å²) >= 11 is 0. The summed E-state index contributed by atoms with van der Waals surface area (Å²) in [5.41, 5.74) is 1.28. The Morgan fingerprint density at radius 2 is 1.65 bits per heavy atom. The first kappa shape index (κ1) is 23.8. The molecule has 0 spiro atoms. The van der Waals surface area contributed by atoms with Crippen molar-refractivity contribution in [2.45, 2.75) is 19.1 Å². The van der Waals surface area contributed by atoms with Crippen molar-refractivity contribution in [3.8, 4) is 5.75 Å². The van der Waals surface area contributed by atoms with Gasteiger partial charge in [0.25, 0.3) is 16.8 Å². The first-order valence-corrected chi connectivity index (χ1v) is 11.5. The Bertz CT molecular complexity index is 1670. The molecule has 2 atom stereocenters. The van der Waals surface area contributed by atoms with Crippen molar-refractivity contribution < 1.29 is 15.0 Å². The van der Waals surface area contributed by atoms with Crippen LogP contribution in [0, 0.1) is 0 Å². The summed E-state index contributed by atoms with van der Waals surface area (Å²) in [4.78, 5) is 37.2. The van der Waals surface area contributed by atoms with E-state index in [4.69, 9.17) is 0 Å². The fraction of sp³-hybridized carbons (Fsp3) is 0.111. The van der Waals surface area contributed by atoms with E-state index in [0.29, 0.717) is 22.2 Å². The summed E-state index contributed by atoms with van der Waals surface area (Å²) in [6, 6.07) is 19.9. The van der Waals surface area contributed by atoms with E-state index in [9.17, 15) is 24.6 Å². The number of amides is 1. The number of hydrogen-bond acceptors (Lipinski definition) is 8. The third-order valence-corrected chi connectivity index (χ3v) is 6.08. The van der Waals surface area contributed by atoms with Gasteiger partial charge >= 0.3 is 0 Å². The number of aromatic hydroxyl groups is 1. The SMILES string of the molecule is C[C@@H](Nc1c(Nc2ccc3[nH]nc(NC(=O)C(O)c4ccccc4)c3c2)c(=O)c1=O)c1cccc(O)c1. The number of carbonyl (C=O) groups is 1. The van der Waals surface area contributed by atoms with E-state index < -0.39 is 22.9 Å². The standard InChI is InChI=1S/C27H23N5O5/c1-14(16-8-5-9-18(33)12-16)28-21-22(25(36)24(21)35)29-17-10-11-20-19(13-17)26(32-31-20)30-27(37)23(34)15-6-3-2-4-7-15/h2-14,23,28-29,33-34H,1H3,(H2,30,31,32,37)/t14-,23?/m1/s1. The Morgan fingerprint density at radius 1 is 0.919 bits per heavy atom. The highest BCUT2D eigenvalue weighted by Crippen LogP contribution is 2.30. The average molecular weight is 498 g/mol. The maximum absolute atomic E-state index is 12.6. The zero-order valence-electron chi connectivity index (χ0n) is 19.6. The van der Waals surface area contributed by atoms with Crippen LogP contribution in [0.3, 0.4) is 0 Å². The van der Waals surface area contributed by atoms with Crippen molar-refractivity contribution in [2.75, 3.05) is 16.0 Å². The molecule has 0 saturated carbocycles. The molecular weight excluding hydrogens is 474 g/mol. The zero-order chi connectivity index (χ0) is 26.1. The summed E-state index contributed by atoms with van der Waals surface area (Å²) in [5, 5.41) is 36.2. The number of aromatic amines is 1. The fourth-order valence-electron chi connectivity index (χ4n) is 4.05. The Labute approximate surface area is 210 Å². The van der Waals surface area contributed by atoms with Crippen molar-refractivity contribution in [1.82, 2.24) is 10.2 Å². The van der Waals surface area contributed by atoms with Crippen molar-refractivity contribution in [1.29, 1.82) is 0 Å². The summed E-state index contributed by atoms with van der Waals surface area (Å²) in [5.74, 6) is -0.338. The molecule has 0 aliphatic heterocycles. The molecule has 10 heteroatoms. The van der Waals surface area contributed by atoms with E-state index >= 15 is 0 Å². The quantitative estimate of drug-likeness (QED) is 0.178. The van der Waals surface area contributed by atoms with E-state index in [1.165, 1.54) is 0 Å². The number of H-pyrrole nitrogens is 1. The third kappa shape index (κ3) is 4.65. The van der Waals surface area contributed by atoms with Crippen LogP contribution in [0.1, 0.15) is 30.2 Å². The van der Waals surface area contributed by atoms with Gasteiger partial charge in [-0.3, -0.25) is 19.5 Å². The minimum Gasteiger partial charge on any atom is -0.508 e. The lowest BCUT2D eigenvalue weighted by molar-refractivity contribution is -0.124. The zero-order valence-corrected chi connectivity index (χ0v) is 19.6.